The molecule has 4 rings (SSSR count). The number of carbonyl (C=O) groups is 1. The number of halogens is 4. The minimum Gasteiger partial charge on any atom is -0.475 e. The largest absolute Gasteiger partial charge is 0.490 e. The third-order valence-corrected chi connectivity index (χ3v) is 8.17. The Morgan fingerprint density at radius 3 is 2.18 bits per heavy atom. The van der Waals surface area contributed by atoms with Gasteiger partial charge < -0.3 is 14.7 Å². The molecule has 1 aromatic heterocycles. The standard InChI is InChI=1S/C19H23FN4O5S2.C2HF3O2/c1-30(25,26)14-3-4-17(16(20)11-14)24-10-7-15-18(24)21-12-22-19(15)29-13-5-8-23(9-6-13)31(2,27)28;3-2(4,5)1(6)7/h3-4,11-13H,5-10H2,1-2H3;(H,6,7). The molecular weight excluding hydrogens is 560 g/mol. The van der Waals surface area contributed by atoms with E-state index in [1.165, 1.54) is 29.0 Å². The molecule has 0 bridgehead atoms. The molecule has 0 spiro atoms. The van der Waals surface area contributed by atoms with Crippen LogP contribution in [0, 0.1) is 5.82 Å². The van der Waals surface area contributed by atoms with Gasteiger partial charge in [0.05, 0.1) is 22.4 Å². The van der Waals surface area contributed by atoms with E-state index in [4.69, 9.17) is 14.6 Å². The normalized spacial score (nSPS) is 16.9. The summed E-state index contributed by atoms with van der Waals surface area (Å²) in [5, 5.41) is 7.12. The third-order valence-electron chi connectivity index (χ3n) is 5.75. The number of carboxylic acid groups (broad SMARTS) is 1. The molecule has 1 N–H and O–H groups in total. The van der Waals surface area contributed by atoms with Crippen LogP contribution in [0.5, 0.6) is 5.88 Å². The van der Waals surface area contributed by atoms with E-state index in [1.807, 2.05) is 0 Å². The molecule has 3 heterocycles. The van der Waals surface area contributed by atoms with E-state index in [1.54, 1.807) is 4.90 Å². The molecule has 0 radical (unpaired) electrons. The fourth-order valence-corrected chi connectivity index (χ4v) is 5.39. The van der Waals surface area contributed by atoms with Gasteiger partial charge in [-0.15, -0.1) is 0 Å². The van der Waals surface area contributed by atoms with Gasteiger partial charge in [0, 0.05) is 25.9 Å². The first-order chi connectivity index (χ1) is 17.5. The molecule has 2 aliphatic heterocycles. The highest BCUT2D eigenvalue weighted by atomic mass is 32.2. The number of aromatic nitrogens is 2. The van der Waals surface area contributed by atoms with Gasteiger partial charge >= 0.3 is 12.1 Å². The first-order valence-corrected chi connectivity index (χ1v) is 14.8. The molecule has 0 amide bonds. The van der Waals surface area contributed by atoms with Crippen LogP contribution in [-0.4, -0.2) is 86.6 Å². The van der Waals surface area contributed by atoms with Gasteiger partial charge in [0.2, 0.25) is 15.9 Å². The average Bonchev–Trinajstić information content (AvgIpc) is 3.23. The maximum atomic E-state index is 14.7. The summed E-state index contributed by atoms with van der Waals surface area (Å²) in [7, 11) is -6.72. The van der Waals surface area contributed by atoms with E-state index in [0.717, 1.165) is 17.9 Å². The van der Waals surface area contributed by atoms with Gasteiger partial charge in [-0.2, -0.15) is 13.2 Å². The van der Waals surface area contributed by atoms with Crippen molar-refractivity contribution in [3.8, 4) is 5.88 Å². The zero-order valence-electron chi connectivity index (χ0n) is 20.1. The molecule has 17 heteroatoms. The predicted molar refractivity (Wildman–Crippen MR) is 126 cm³/mol. The van der Waals surface area contributed by atoms with Crippen molar-refractivity contribution in [2.75, 3.05) is 37.0 Å². The predicted octanol–water partition coefficient (Wildman–Crippen LogP) is 2.15. The summed E-state index contributed by atoms with van der Waals surface area (Å²) in [6, 6.07) is 3.82. The first kappa shape index (κ1) is 29.5. The highest BCUT2D eigenvalue weighted by molar-refractivity contribution is 7.90. The molecule has 0 unspecified atom stereocenters. The third kappa shape index (κ3) is 7.08. The lowest BCUT2D eigenvalue weighted by Gasteiger charge is -2.30. The molecule has 11 nitrogen and oxygen atoms in total. The Morgan fingerprint density at radius 2 is 1.68 bits per heavy atom. The zero-order chi connectivity index (χ0) is 28.5. The van der Waals surface area contributed by atoms with Gasteiger partial charge in [0.15, 0.2) is 9.84 Å². The first-order valence-electron chi connectivity index (χ1n) is 11.0. The summed E-state index contributed by atoms with van der Waals surface area (Å²) in [5.41, 5.74) is 0.983. The van der Waals surface area contributed by atoms with Crippen molar-refractivity contribution < 1.29 is 49.0 Å². The lowest BCUT2D eigenvalue weighted by Crippen LogP contribution is -2.41. The number of alkyl halides is 3. The van der Waals surface area contributed by atoms with Gasteiger partial charge in [-0.05, 0) is 37.5 Å². The number of sulfonamides is 1. The number of nitrogens with zero attached hydrogens (tertiary/aromatic N) is 4. The van der Waals surface area contributed by atoms with Crippen molar-refractivity contribution in [1.82, 2.24) is 14.3 Å². The lowest BCUT2D eigenvalue weighted by atomic mass is 10.1. The van der Waals surface area contributed by atoms with Crippen molar-refractivity contribution >= 4 is 37.3 Å². The summed E-state index contributed by atoms with van der Waals surface area (Å²) < 4.78 is 101. The van der Waals surface area contributed by atoms with Crippen LogP contribution in [0.4, 0.5) is 29.1 Å². The zero-order valence-corrected chi connectivity index (χ0v) is 21.8. The highest BCUT2D eigenvalue weighted by Gasteiger charge is 2.38. The Morgan fingerprint density at radius 1 is 1.08 bits per heavy atom. The number of anilines is 2. The number of ether oxygens (including phenoxy) is 1. The van der Waals surface area contributed by atoms with Gasteiger partial charge in [0.25, 0.3) is 0 Å². The number of hydrogen-bond donors (Lipinski definition) is 1. The number of fused-ring (bicyclic) bond motifs is 1. The molecule has 210 valence electrons. The van der Waals surface area contributed by atoms with Crippen LogP contribution in [0.15, 0.2) is 29.4 Å². The second-order valence-electron chi connectivity index (χ2n) is 8.55. The lowest BCUT2D eigenvalue weighted by molar-refractivity contribution is -0.192. The number of hydrogen-bond acceptors (Lipinski definition) is 9. The Balaban J connectivity index is 0.000000505. The molecule has 0 atom stereocenters. The van der Waals surface area contributed by atoms with Crippen LogP contribution in [0.2, 0.25) is 0 Å². The average molecular weight is 585 g/mol. The highest BCUT2D eigenvalue weighted by Crippen LogP contribution is 2.38. The van der Waals surface area contributed by atoms with Gasteiger partial charge in [-0.3, -0.25) is 0 Å². The van der Waals surface area contributed by atoms with Gasteiger partial charge in [0.1, 0.15) is 24.1 Å². The van der Waals surface area contributed by atoms with Crippen molar-refractivity contribution in [2.24, 2.45) is 0 Å². The fraction of sp³-hybridized carbons (Fsp3) is 0.476. The maximum absolute atomic E-state index is 14.7. The summed E-state index contributed by atoms with van der Waals surface area (Å²) in [6.07, 6.45) is -0.0291. The van der Waals surface area contributed by atoms with Crippen molar-refractivity contribution in [3.05, 3.63) is 35.9 Å². The SMILES string of the molecule is CS(=O)(=O)c1ccc(N2CCc3c(OC4CCN(S(C)(=O)=O)CC4)ncnc32)c(F)c1.O=C(O)C(F)(F)F. The van der Waals surface area contributed by atoms with E-state index in [2.05, 4.69) is 9.97 Å². The topological polar surface area (TPSA) is 147 Å². The van der Waals surface area contributed by atoms with Crippen molar-refractivity contribution in [1.29, 1.82) is 0 Å². The van der Waals surface area contributed by atoms with Crippen LogP contribution >= 0.6 is 0 Å². The number of piperidine rings is 1. The van der Waals surface area contributed by atoms with Crippen molar-refractivity contribution in [3.63, 3.8) is 0 Å². The summed E-state index contributed by atoms with van der Waals surface area (Å²) in [6.45, 7) is 1.23. The minimum atomic E-state index is -5.08. The van der Waals surface area contributed by atoms with Gasteiger partial charge in [-0.1, -0.05) is 0 Å². The molecule has 0 aliphatic carbocycles. The van der Waals surface area contributed by atoms with Crippen LogP contribution in [0.25, 0.3) is 0 Å². The number of sulfone groups is 1. The number of rotatable bonds is 5. The molecule has 2 aromatic rings. The van der Waals surface area contributed by atoms with E-state index >= 15 is 0 Å². The van der Waals surface area contributed by atoms with E-state index in [0.29, 0.717) is 50.6 Å². The van der Waals surface area contributed by atoms with Gasteiger partial charge in [-0.25, -0.2) is 40.3 Å². The van der Waals surface area contributed by atoms with E-state index < -0.39 is 37.8 Å². The van der Waals surface area contributed by atoms with Crippen LogP contribution in [0.3, 0.4) is 0 Å². The monoisotopic (exact) mass is 584 g/mol. The molecule has 38 heavy (non-hydrogen) atoms. The summed E-state index contributed by atoms with van der Waals surface area (Å²) >= 11 is 0. The van der Waals surface area contributed by atoms with Crippen LogP contribution in [0.1, 0.15) is 18.4 Å². The minimum absolute atomic E-state index is 0.0830. The molecule has 0 saturated carbocycles. The number of aliphatic carboxylic acids is 1. The summed E-state index contributed by atoms with van der Waals surface area (Å²) in [5.74, 6) is -2.47. The molecule has 1 aromatic carbocycles. The maximum Gasteiger partial charge on any atom is 0.490 e. The van der Waals surface area contributed by atoms with Crippen LogP contribution < -0.4 is 9.64 Å². The molecule has 1 saturated heterocycles. The smallest absolute Gasteiger partial charge is 0.475 e. The second kappa shape index (κ2) is 11.0. The second-order valence-corrected chi connectivity index (χ2v) is 12.5. The molecular formula is C21H24F4N4O7S2. The summed E-state index contributed by atoms with van der Waals surface area (Å²) in [4.78, 5) is 19.0. The van der Waals surface area contributed by atoms with Crippen molar-refractivity contribution in [2.45, 2.75) is 36.4 Å². The Labute approximate surface area is 216 Å². The van der Waals surface area contributed by atoms with E-state index in [-0.39, 0.29) is 16.7 Å². The Bertz CT molecular complexity index is 1410. The molecule has 2 aliphatic rings. The van der Waals surface area contributed by atoms with E-state index in [9.17, 15) is 34.4 Å². The number of benzene rings is 1. The Kier molecular flexibility index (Phi) is 8.52. The number of carboxylic acids is 1. The van der Waals surface area contributed by atoms with Crippen LogP contribution in [-0.2, 0) is 31.1 Å². The Hall–Kier alpha value is -3.05. The molecule has 1 fully saturated rings. The fourth-order valence-electron chi connectivity index (χ4n) is 3.88. The quantitative estimate of drug-likeness (QED) is 0.519.